The standard InChI is InChI=1S/C25H37FN2O2/c1-3-30-20-13-15-25(2,16-14-20)17-18-7-4-5-8-19(12-11-18)28-22-10-6-9-21(26)23(22)27-24(28)29/h6,9-10,18-20H,3-5,7-8,11-17H2,1-2H3,(H,27,29). The topological polar surface area (TPSA) is 47.0 Å². The van der Waals surface area contributed by atoms with Crippen molar-refractivity contribution in [2.24, 2.45) is 11.3 Å². The molecule has 0 radical (unpaired) electrons. The van der Waals surface area contributed by atoms with Gasteiger partial charge < -0.3 is 9.72 Å². The average Bonchev–Trinajstić information content (AvgIpc) is 3.04. The van der Waals surface area contributed by atoms with E-state index in [-0.39, 0.29) is 17.5 Å². The van der Waals surface area contributed by atoms with Crippen molar-refractivity contribution in [2.45, 2.75) is 96.6 Å². The average molecular weight is 417 g/mol. The maximum atomic E-state index is 14.1. The maximum Gasteiger partial charge on any atom is 0.326 e. The summed E-state index contributed by atoms with van der Waals surface area (Å²) in [6, 6.07) is 5.15. The van der Waals surface area contributed by atoms with Gasteiger partial charge in [0, 0.05) is 12.6 Å². The number of hydrogen-bond acceptors (Lipinski definition) is 2. The van der Waals surface area contributed by atoms with Crippen LogP contribution >= 0.6 is 0 Å². The highest BCUT2D eigenvalue weighted by atomic mass is 19.1. The predicted molar refractivity (Wildman–Crippen MR) is 119 cm³/mol. The molecule has 0 amide bonds. The lowest BCUT2D eigenvalue weighted by atomic mass is 9.68. The lowest BCUT2D eigenvalue weighted by molar-refractivity contribution is -0.000585. The molecule has 1 aromatic carbocycles. The van der Waals surface area contributed by atoms with Crippen LogP contribution in [0.15, 0.2) is 23.0 Å². The molecule has 0 bridgehead atoms. The van der Waals surface area contributed by atoms with Crippen molar-refractivity contribution in [3.05, 3.63) is 34.5 Å². The monoisotopic (exact) mass is 416 g/mol. The van der Waals surface area contributed by atoms with Gasteiger partial charge in [0.2, 0.25) is 0 Å². The first-order chi connectivity index (χ1) is 14.5. The molecule has 2 unspecified atom stereocenters. The molecule has 2 aliphatic carbocycles. The first-order valence-electron chi connectivity index (χ1n) is 12.0. The van der Waals surface area contributed by atoms with Crippen LogP contribution in [0.2, 0.25) is 0 Å². The summed E-state index contributed by atoms with van der Waals surface area (Å²) in [5.41, 5.74) is 1.31. The van der Waals surface area contributed by atoms with E-state index in [0.717, 1.165) is 38.2 Å². The highest BCUT2D eigenvalue weighted by molar-refractivity contribution is 5.75. The van der Waals surface area contributed by atoms with Crippen LogP contribution in [-0.4, -0.2) is 22.3 Å². The van der Waals surface area contributed by atoms with Crippen molar-refractivity contribution in [1.29, 1.82) is 0 Å². The molecule has 1 N–H and O–H groups in total. The molecule has 4 rings (SSSR count). The van der Waals surface area contributed by atoms with Gasteiger partial charge in [0.25, 0.3) is 0 Å². The minimum Gasteiger partial charge on any atom is -0.379 e. The van der Waals surface area contributed by atoms with Crippen molar-refractivity contribution in [3.63, 3.8) is 0 Å². The van der Waals surface area contributed by atoms with E-state index in [1.54, 1.807) is 6.07 Å². The number of hydrogen-bond donors (Lipinski definition) is 1. The molecule has 166 valence electrons. The minimum atomic E-state index is -0.345. The SMILES string of the molecule is CCOC1CCC(C)(CC2CCCCC(n3c(=O)[nH]c4c(F)cccc43)CC2)CC1. The van der Waals surface area contributed by atoms with Gasteiger partial charge in [-0.05, 0) is 81.8 Å². The van der Waals surface area contributed by atoms with Gasteiger partial charge in [-0.2, -0.15) is 0 Å². The fourth-order valence-corrected chi connectivity index (χ4v) is 6.06. The second kappa shape index (κ2) is 9.25. The summed E-state index contributed by atoms with van der Waals surface area (Å²) in [6.45, 7) is 5.38. The highest BCUT2D eigenvalue weighted by Crippen LogP contribution is 2.44. The number of aromatic nitrogens is 2. The van der Waals surface area contributed by atoms with E-state index in [0.29, 0.717) is 22.6 Å². The lowest BCUT2D eigenvalue weighted by Crippen LogP contribution is -2.31. The summed E-state index contributed by atoms with van der Waals surface area (Å²) in [6.07, 6.45) is 13.5. The van der Waals surface area contributed by atoms with Crippen molar-refractivity contribution < 1.29 is 9.13 Å². The number of H-pyrrole nitrogens is 1. The summed E-state index contributed by atoms with van der Waals surface area (Å²) in [4.78, 5) is 15.4. The van der Waals surface area contributed by atoms with Gasteiger partial charge in [-0.25, -0.2) is 9.18 Å². The largest absolute Gasteiger partial charge is 0.379 e. The van der Waals surface area contributed by atoms with E-state index in [2.05, 4.69) is 18.8 Å². The quantitative estimate of drug-likeness (QED) is 0.617. The van der Waals surface area contributed by atoms with E-state index in [1.165, 1.54) is 51.0 Å². The molecule has 4 nitrogen and oxygen atoms in total. The molecular weight excluding hydrogens is 379 g/mol. The molecule has 0 aliphatic heterocycles. The Bertz CT molecular complexity index is 894. The highest BCUT2D eigenvalue weighted by Gasteiger charge is 2.34. The first-order valence-corrected chi connectivity index (χ1v) is 12.0. The summed E-state index contributed by atoms with van der Waals surface area (Å²) >= 11 is 0. The first kappa shape index (κ1) is 21.6. The molecule has 2 atom stereocenters. The Labute approximate surface area is 179 Å². The van der Waals surface area contributed by atoms with Gasteiger partial charge in [-0.3, -0.25) is 4.57 Å². The summed E-state index contributed by atoms with van der Waals surface area (Å²) in [5.74, 6) is 0.377. The van der Waals surface area contributed by atoms with Gasteiger partial charge in [-0.1, -0.05) is 32.3 Å². The minimum absolute atomic E-state index is 0.164. The van der Waals surface area contributed by atoms with Crippen LogP contribution in [0.5, 0.6) is 0 Å². The third-order valence-electron chi connectivity index (χ3n) is 7.70. The molecule has 1 heterocycles. The summed E-state index contributed by atoms with van der Waals surface area (Å²) in [7, 11) is 0. The van der Waals surface area contributed by atoms with Gasteiger partial charge in [0.15, 0.2) is 0 Å². The fraction of sp³-hybridized carbons (Fsp3) is 0.720. The number of nitrogens with zero attached hydrogens (tertiary/aromatic N) is 1. The smallest absolute Gasteiger partial charge is 0.326 e. The van der Waals surface area contributed by atoms with E-state index in [4.69, 9.17) is 4.74 Å². The number of halogens is 1. The van der Waals surface area contributed by atoms with Crippen molar-refractivity contribution in [2.75, 3.05) is 6.61 Å². The van der Waals surface area contributed by atoms with Gasteiger partial charge >= 0.3 is 5.69 Å². The fourth-order valence-electron chi connectivity index (χ4n) is 6.06. The zero-order valence-electron chi connectivity index (χ0n) is 18.6. The van der Waals surface area contributed by atoms with Gasteiger partial charge in [0.1, 0.15) is 11.3 Å². The Morgan fingerprint density at radius 2 is 1.90 bits per heavy atom. The molecule has 2 aliphatic rings. The van der Waals surface area contributed by atoms with Crippen molar-refractivity contribution >= 4 is 11.0 Å². The molecule has 2 saturated carbocycles. The predicted octanol–water partition coefficient (Wildman–Crippen LogP) is 6.36. The number of aromatic amines is 1. The summed E-state index contributed by atoms with van der Waals surface area (Å²) < 4.78 is 21.8. The van der Waals surface area contributed by atoms with Crippen LogP contribution in [0, 0.1) is 17.2 Å². The van der Waals surface area contributed by atoms with E-state index in [1.807, 2.05) is 10.6 Å². The van der Waals surface area contributed by atoms with Crippen molar-refractivity contribution in [3.8, 4) is 0 Å². The zero-order chi connectivity index (χ0) is 21.1. The lowest BCUT2D eigenvalue weighted by Gasteiger charge is -2.40. The summed E-state index contributed by atoms with van der Waals surface area (Å²) in [5, 5.41) is 0. The van der Waals surface area contributed by atoms with Crippen LogP contribution in [0.1, 0.15) is 90.5 Å². The molecule has 1 aromatic heterocycles. The number of rotatable bonds is 5. The molecule has 30 heavy (non-hydrogen) atoms. The normalized spacial score (nSPS) is 30.8. The maximum absolute atomic E-state index is 14.1. The van der Waals surface area contributed by atoms with Crippen LogP contribution in [0.25, 0.3) is 11.0 Å². The Morgan fingerprint density at radius 3 is 2.67 bits per heavy atom. The number of ether oxygens (including phenoxy) is 1. The number of benzene rings is 1. The number of para-hydroxylation sites is 1. The molecule has 0 saturated heterocycles. The van der Waals surface area contributed by atoms with E-state index >= 15 is 0 Å². The molecule has 0 spiro atoms. The molecule has 5 heteroatoms. The van der Waals surface area contributed by atoms with Crippen LogP contribution in [-0.2, 0) is 4.74 Å². The Morgan fingerprint density at radius 1 is 1.13 bits per heavy atom. The third-order valence-corrected chi connectivity index (χ3v) is 7.70. The number of fused-ring (bicyclic) bond motifs is 1. The Kier molecular flexibility index (Phi) is 6.66. The number of nitrogens with one attached hydrogen (secondary N) is 1. The molecular formula is C25H37FN2O2. The molecule has 2 aromatic rings. The second-order valence-electron chi connectivity index (χ2n) is 9.99. The zero-order valence-corrected chi connectivity index (χ0v) is 18.6. The van der Waals surface area contributed by atoms with Crippen LogP contribution < -0.4 is 5.69 Å². The van der Waals surface area contributed by atoms with Crippen LogP contribution in [0.4, 0.5) is 4.39 Å². The second-order valence-corrected chi connectivity index (χ2v) is 9.99. The Balaban J connectivity index is 1.43. The van der Waals surface area contributed by atoms with Crippen molar-refractivity contribution in [1.82, 2.24) is 9.55 Å². The van der Waals surface area contributed by atoms with E-state index < -0.39 is 0 Å². The molecule has 2 fully saturated rings. The third kappa shape index (κ3) is 4.66. The number of imidazole rings is 1. The van der Waals surface area contributed by atoms with Crippen LogP contribution in [0.3, 0.4) is 0 Å². The van der Waals surface area contributed by atoms with Gasteiger partial charge in [-0.15, -0.1) is 0 Å². The van der Waals surface area contributed by atoms with E-state index in [9.17, 15) is 9.18 Å². The van der Waals surface area contributed by atoms with Gasteiger partial charge in [0.05, 0.1) is 11.6 Å². The Hall–Kier alpha value is -1.62.